The van der Waals surface area contributed by atoms with Gasteiger partial charge in [0.1, 0.15) is 4.90 Å². The summed E-state index contributed by atoms with van der Waals surface area (Å²) in [6, 6.07) is 1.70. The van der Waals surface area contributed by atoms with E-state index in [0.717, 1.165) is 24.1 Å². The number of hydrogen-bond acceptors (Lipinski definition) is 4. The Balaban J connectivity index is 2.64. The monoisotopic (exact) mass is 396 g/mol. The van der Waals surface area contributed by atoms with Crippen LogP contribution < -0.4 is 10.0 Å². The zero-order valence-electron chi connectivity index (χ0n) is 12.9. The van der Waals surface area contributed by atoms with E-state index < -0.39 is 10.0 Å². The number of halogens is 1. The lowest BCUT2D eigenvalue weighted by Crippen LogP contribution is -2.32. The van der Waals surface area contributed by atoms with E-state index in [1.165, 1.54) is 24.2 Å². The minimum atomic E-state index is -3.44. The third-order valence-electron chi connectivity index (χ3n) is 3.19. The fourth-order valence-corrected chi connectivity index (χ4v) is 6.08. The molecule has 0 radical (unpaired) electrons. The summed E-state index contributed by atoms with van der Waals surface area (Å²) in [6.45, 7) is 4.77. The standard InChI is InChI=1S/C14H25BrN2O2S2/c1-4-5-6-7-8-11(2)17-21(18,19)13-9-12(10-16-3)20-14(13)15/h9,11,16-17H,4-8,10H2,1-3H3. The van der Waals surface area contributed by atoms with Crippen LogP contribution in [-0.4, -0.2) is 21.5 Å². The molecule has 0 aliphatic heterocycles. The molecular weight excluding hydrogens is 372 g/mol. The summed E-state index contributed by atoms with van der Waals surface area (Å²) in [7, 11) is -1.60. The predicted octanol–water partition coefficient (Wildman–Crippen LogP) is 3.87. The van der Waals surface area contributed by atoms with Gasteiger partial charge < -0.3 is 5.32 Å². The first kappa shape index (κ1) is 19.1. The highest BCUT2D eigenvalue weighted by molar-refractivity contribution is 9.11. The van der Waals surface area contributed by atoms with Gasteiger partial charge in [-0.2, -0.15) is 0 Å². The van der Waals surface area contributed by atoms with E-state index in [9.17, 15) is 8.42 Å². The summed E-state index contributed by atoms with van der Waals surface area (Å²) in [6.07, 6.45) is 5.51. The second-order valence-corrected chi connectivity index (χ2v) is 9.39. The van der Waals surface area contributed by atoms with Gasteiger partial charge in [0.2, 0.25) is 10.0 Å². The fraction of sp³-hybridized carbons (Fsp3) is 0.714. The molecule has 4 nitrogen and oxygen atoms in total. The smallest absolute Gasteiger partial charge is 0.242 e. The van der Waals surface area contributed by atoms with Crippen LogP contribution >= 0.6 is 27.3 Å². The van der Waals surface area contributed by atoms with Gasteiger partial charge >= 0.3 is 0 Å². The van der Waals surface area contributed by atoms with Gasteiger partial charge in [0.25, 0.3) is 0 Å². The van der Waals surface area contributed by atoms with Crippen LogP contribution in [0.5, 0.6) is 0 Å². The predicted molar refractivity (Wildman–Crippen MR) is 93.3 cm³/mol. The minimum Gasteiger partial charge on any atom is -0.315 e. The number of sulfonamides is 1. The highest BCUT2D eigenvalue weighted by Crippen LogP contribution is 2.31. The maximum absolute atomic E-state index is 12.4. The van der Waals surface area contributed by atoms with Gasteiger partial charge in [-0.3, -0.25) is 0 Å². The average Bonchev–Trinajstić information content (AvgIpc) is 2.76. The summed E-state index contributed by atoms with van der Waals surface area (Å²) in [5.74, 6) is 0. The Morgan fingerprint density at radius 2 is 2.05 bits per heavy atom. The Labute approximate surface area is 140 Å². The topological polar surface area (TPSA) is 58.2 Å². The molecule has 1 aromatic heterocycles. The molecule has 1 aromatic rings. The van der Waals surface area contributed by atoms with Crippen molar-refractivity contribution in [3.63, 3.8) is 0 Å². The van der Waals surface area contributed by atoms with Crippen LogP contribution in [0.2, 0.25) is 0 Å². The first-order valence-electron chi connectivity index (χ1n) is 7.35. The molecule has 0 amide bonds. The van der Waals surface area contributed by atoms with Crippen LogP contribution in [-0.2, 0) is 16.6 Å². The molecule has 1 rings (SSSR count). The quantitative estimate of drug-likeness (QED) is 0.590. The first-order chi connectivity index (χ1) is 9.90. The average molecular weight is 397 g/mol. The van der Waals surface area contributed by atoms with E-state index in [0.29, 0.717) is 15.2 Å². The van der Waals surface area contributed by atoms with Crippen molar-refractivity contribution in [2.75, 3.05) is 7.05 Å². The number of rotatable bonds is 10. The van der Waals surface area contributed by atoms with E-state index in [4.69, 9.17) is 0 Å². The van der Waals surface area contributed by atoms with Gasteiger partial charge in [0, 0.05) is 17.5 Å². The molecule has 7 heteroatoms. The Morgan fingerprint density at radius 1 is 1.33 bits per heavy atom. The molecule has 0 aliphatic rings. The molecule has 1 atom stereocenters. The fourth-order valence-electron chi connectivity index (χ4n) is 2.11. The summed E-state index contributed by atoms with van der Waals surface area (Å²) in [5, 5.41) is 3.03. The lowest BCUT2D eigenvalue weighted by Gasteiger charge is -2.13. The van der Waals surface area contributed by atoms with Crippen molar-refractivity contribution in [1.29, 1.82) is 0 Å². The first-order valence-corrected chi connectivity index (χ1v) is 10.4. The SMILES string of the molecule is CCCCCCC(C)NS(=O)(=O)c1cc(CNC)sc1Br. The van der Waals surface area contributed by atoms with E-state index >= 15 is 0 Å². The molecule has 0 spiro atoms. The lowest BCUT2D eigenvalue weighted by molar-refractivity contribution is 0.522. The molecule has 1 unspecified atom stereocenters. The Hall–Kier alpha value is 0.0500. The number of nitrogens with one attached hydrogen (secondary N) is 2. The van der Waals surface area contributed by atoms with E-state index in [1.807, 2.05) is 14.0 Å². The van der Waals surface area contributed by atoms with Crippen LogP contribution in [0.1, 0.15) is 50.8 Å². The van der Waals surface area contributed by atoms with Gasteiger partial charge in [-0.1, -0.05) is 32.6 Å². The molecule has 0 fully saturated rings. The summed E-state index contributed by atoms with van der Waals surface area (Å²) in [5.41, 5.74) is 0. The van der Waals surface area contributed by atoms with E-state index in [2.05, 4.69) is 32.9 Å². The molecule has 21 heavy (non-hydrogen) atoms. The van der Waals surface area contributed by atoms with Crippen LogP contribution in [0.15, 0.2) is 14.7 Å². The summed E-state index contributed by atoms with van der Waals surface area (Å²) >= 11 is 4.81. The molecule has 1 heterocycles. The second kappa shape index (κ2) is 9.25. The molecule has 2 N–H and O–H groups in total. The van der Waals surface area contributed by atoms with Crippen molar-refractivity contribution in [3.05, 3.63) is 14.7 Å². The molecule has 0 aliphatic carbocycles. The third kappa shape index (κ3) is 6.36. The number of thiophene rings is 1. The van der Waals surface area contributed by atoms with Crippen LogP contribution in [0.25, 0.3) is 0 Å². The van der Waals surface area contributed by atoms with Gasteiger partial charge in [0.05, 0.1) is 3.79 Å². The zero-order chi connectivity index (χ0) is 15.9. The summed E-state index contributed by atoms with van der Waals surface area (Å²) < 4.78 is 28.3. The number of hydrogen-bond donors (Lipinski definition) is 2. The molecule has 0 saturated heterocycles. The lowest BCUT2D eigenvalue weighted by atomic mass is 10.1. The van der Waals surface area contributed by atoms with Crippen molar-refractivity contribution in [2.24, 2.45) is 0 Å². The molecule has 0 saturated carbocycles. The Morgan fingerprint density at radius 3 is 2.67 bits per heavy atom. The highest BCUT2D eigenvalue weighted by Gasteiger charge is 2.22. The normalized spacial score (nSPS) is 13.5. The van der Waals surface area contributed by atoms with Crippen molar-refractivity contribution in [1.82, 2.24) is 10.0 Å². The highest BCUT2D eigenvalue weighted by atomic mass is 79.9. The molecule has 0 aromatic carbocycles. The van der Waals surface area contributed by atoms with Crippen LogP contribution in [0.4, 0.5) is 0 Å². The maximum atomic E-state index is 12.4. The maximum Gasteiger partial charge on any atom is 0.242 e. The van der Waals surface area contributed by atoms with Crippen LogP contribution in [0, 0.1) is 0 Å². The van der Waals surface area contributed by atoms with Gasteiger partial charge in [-0.15, -0.1) is 11.3 Å². The van der Waals surface area contributed by atoms with Crippen molar-refractivity contribution >= 4 is 37.3 Å². The van der Waals surface area contributed by atoms with Crippen molar-refractivity contribution in [2.45, 2.75) is 63.4 Å². The molecule has 122 valence electrons. The Bertz CT molecular complexity index is 529. The Kier molecular flexibility index (Phi) is 8.41. The van der Waals surface area contributed by atoms with Gasteiger partial charge in [-0.05, 0) is 42.4 Å². The van der Waals surface area contributed by atoms with Crippen molar-refractivity contribution < 1.29 is 8.42 Å². The largest absolute Gasteiger partial charge is 0.315 e. The second-order valence-electron chi connectivity index (χ2n) is 5.25. The summed E-state index contributed by atoms with van der Waals surface area (Å²) in [4.78, 5) is 1.35. The number of unbranched alkanes of at least 4 members (excludes halogenated alkanes) is 3. The van der Waals surface area contributed by atoms with Crippen molar-refractivity contribution in [3.8, 4) is 0 Å². The zero-order valence-corrected chi connectivity index (χ0v) is 16.1. The van der Waals surface area contributed by atoms with Crippen LogP contribution in [0.3, 0.4) is 0 Å². The third-order valence-corrected chi connectivity index (χ3v) is 7.04. The van der Waals surface area contributed by atoms with E-state index in [1.54, 1.807) is 6.07 Å². The van der Waals surface area contributed by atoms with Gasteiger partial charge in [-0.25, -0.2) is 13.1 Å². The minimum absolute atomic E-state index is 0.0357. The van der Waals surface area contributed by atoms with E-state index in [-0.39, 0.29) is 6.04 Å². The van der Waals surface area contributed by atoms with Gasteiger partial charge in [0.15, 0.2) is 0 Å². The molecular formula is C14H25BrN2O2S2. The molecule has 0 bridgehead atoms.